The van der Waals surface area contributed by atoms with Gasteiger partial charge in [-0.3, -0.25) is 4.90 Å². The van der Waals surface area contributed by atoms with Crippen LogP contribution < -0.4 is 9.47 Å². The molecule has 0 amide bonds. The van der Waals surface area contributed by atoms with Crippen molar-refractivity contribution in [2.24, 2.45) is 0 Å². The van der Waals surface area contributed by atoms with Crippen molar-refractivity contribution in [2.45, 2.75) is 38.5 Å². The van der Waals surface area contributed by atoms with Gasteiger partial charge >= 0.3 is 6.18 Å². The molecule has 166 valence electrons. The van der Waals surface area contributed by atoms with Crippen LogP contribution in [0.3, 0.4) is 0 Å². The summed E-state index contributed by atoms with van der Waals surface area (Å²) in [6, 6.07) is 9.03. The van der Waals surface area contributed by atoms with Crippen molar-refractivity contribution in [3.63, 3.8) is 0 Å². The molecule has 0 unspecified atom stereocenters. The number of para-hydroxylation sites is 1. The summed E-state index contributed by atoms with van der Waals surface area (Å²) in [7, 11) is 1.38. The molecule has 3 aromatic rings. The Kier molecular flexibility index (Phi) is 5.60. The molecular formula is C23H24F4N2O2. The number of aromatic amines is 1. The highest BCUT2D eigenvalue weighted by atomic mass is 19.4. The number of nitrogens with zero attached hydrogens (tertiary/aromatic N) is 1. The molecule has 0 bridgehead atoms. The topological polar surface area (TPSA) is 37.5 Å². The van der Waals surface area contributed by atoms with Crippen LogP contribution in [-0.4, -0.2) is 42.4 Å². The summed E-state index contributed by atoms with van der Waals surface area (Å²) in [6.07, 6.45) is -4.03. The molecule has 31 heavy (non-hydrogen) atoms. The number of methoxy groups -OCH3 is 1. The van der Waals surface area contributed by atoms with Gasteiger partial charge in [0, 0.05) is 22.6 Å². The number of hydrogen-bond donors (Lipinski definition) is 1. The molecular weight excluding hydrogens is 412 g/mol. The Morgan fingerprint density at radius 2 is 1.84 bits per heavy atom. The predicted octanol–water partition coefficient (Wildman–Crippen LogP) is 5.61. The minimum absolute atomic E-state index is 0.0128. The number of ether oxygens (including phenoxy) is 2. The van der Waals surface area contributed by atoms with Crippen LogP contribution in [0.15, 0.2) is 36.4 Å². The van der Waals surface area contributed by atoms with Gasteiger partial charge in [-0.25, -0.2) is 4.39 Å². The van der Waals surface area contributed by atoms with Gasteiger partial charge in [0.1, 0.15) is 5.75 Å². The van der Waals surface area contributed by atoms with Gasteiger partial charge < -0.3 is 14.5 Å². The number of hydrogen-bond acceptors (Lipinski definition) is 3. The highest BCUT2D eigenvalue weighted by Crippen LogP contribution is 2.46. The maximum absolute atomic E-state index is 15.6. The van der Waals surface area contributed by atoms with Gasteiger partial charge in [-0.2, -0.15) is 13.2 Å². The van der Waals surface area contributed by atoms with Crippen LogP contribution in [-0.2, 0) is 6.42 Å². The van der Waals surface area contributed by atoms with Crippen LogP contribution in [0.1, 0.15) is 36.7 Å². The summed E-state index contributed by atoms with van der Waals surface area (Å²) in [5, 5.41) is 0.932. The third-order valence-electron chi connectivity index (χ3n) is 5.78. The van der Waals surface area contributed by atoms with Crippen LogP contribution in [0, 0.1) is 5.82 Å². The zero-order valence-electron chi connectivity index (χ0n) is 17.5. The molecule has 4 nitrogen and oxygen atoms in total. The molecule has 8 heteroatoms. The summed E-state index contributed by atoms with van der Waals surface area (Å²) in [6.45, 7) is 2.51. The number of alkyl halides is 3. The van der Waals surface area contributed by atoms with Crippen molar-refractivity contribution in [1.82, 2.24) is 9.88 Å². The van der Waals surface area contributed by atoms with Gasteiger partial charge in [0.25, 0.3) is 0 Å². The van der Waals surface area contributed by atoms with E-state index in [9.17, 15) is 13.2 Å². The number of nitrogens with one attached hydrogen (secondary N) is 1. The number of halogens is 4. The van der Waals surface area contributed by atoms with E-state index in [0.29, 0.717) is 12.1 Å². The SMILES string of the molecule is CCOc1ccc(OC)c([C@@H]2c3[nH]c4ccccc4c3C[C@@H](C)N2CC(F)(F)F)c1F. The second kappa shape index (κ2) is 8.07. The first-order valence-corrected chi connectivity index (χ1v) is 10.2. The van der Waals surface area contributed by atoms with E-state index in [1.54, 1.807) is 13.8 Å². The van der Waals surface area contributed by atoms with E-state index < -0.39 is 30.6 Å². The Bertz CT molecular complexity index is 1090. The maximum atomic E-state index is 15.6. The first kappa shape index (κ1) is 21.5. The lowest BCUT2D eigenvalue weighted by atomic mass is 9.87. The van der Waals surface area contributed by atoms with Crippen molar-refractivity contribution in [3.8, 4) is 11.5 Å². The fraction of sp³-hybridized carbons (Fsp3) is 0.391. The highest BCUT2D eigenvalue weighted by molar-refractivity contribution is 5.85. The number of H-pyrrole nitrogens is 1. The first-order valence-electron chi connectivity index (χ1n) is 10.2. The van der Waals surface area contributed by atoms with Crippen molar-refractivity contribution >= 4 is 10.9 Å². The van der Waals surface area contributed by atoms with E-state index in [4.69, 9.17) is 9.47 Å². The zero-order chi connectivity index (χ0) is 22.3. The molecule has 1 N–H and O–H groups in total. The number of rotatable bonds is 5. The predicted molar refractivity (Wildman–Crippen MR) is 110 cm³/mol. The van der Waals surface area contributed by atoms with Gasteiger partial charge in [-0.1, -0.05) is 18.2 Å². The quantitative estimate of drug-likeness (QED) is 0.528. The molecule has 2 heterocycles. The third-order valence-corrected chi connectivity index (χ3v) is 5.78. The van der Waals surface area contributed by atoms with Crippen molar-refractivity contribution in [1.29, 1.82) is 0 Å². The number of aromatic nitrogens is 1. The Balaban J connectivity index is 1.99. The summed E-state index contributed by atoms with van der Waals surface area (Å²) in [5.74, 6) is -0.546. The summed E-state index contributed by atoms with van der Waals surface area (Å²) < 4.78 is 67.1. The van der Waals surface area contributed by atoms with E-state index in [1.165, 1.54) is 24.1 Å². The standard InChI is InChI=1S/C23H24F4N2O2/c1-4-31-18-10-9-17(30-3)19(20(18)24)22-21-15(14-7-5-6-8-16(14)28-21)11-13(2)29(22)12-23(25,26)27/h5-10,13,22,28H,4,11-12H2,1-3H3/t13-,22-/m1/s1. The van der Waals surface area contributed by atoms with Crippen LogP contribution in [0.25, 0.3) is 10.9 Å². The molecule has 1 aromatic heterocycles. The van der Waals surface area contributed by atoms with Gasteiger partial charge in [-0.05, 0) is 44.0 Å². The van der Waals surface area contributed by atoms with Crippen molar-refractivity contribution in [3.05, 3.63) is 59.0 Å². The molecule has 2 atom stereocenters. The van der Waals surface area contributed by atoms with Crippen molar-refractivity contribution < 1.29 is 27.0 Å². The molecule has 0 radical (unpaired) electrons. The van der Waals surface area contributed by atoms with Crippen LogP contribution >= 0.6 is 0 Å². The average molecular weight is 436 g/mol. The third kappa shape index (κ3) is 3.84. The van der Waals surface area contributed by atoms with Crippen LogP contribution in [0.2, 0.25) is 0 Å². The van der Waals surface area contributed by atoms with E-state index in [-0.39, 0.29) is 23.7 Å². The average Bonchev–Trinajstić information content (AvgIpc) is 3.08. The Morgan fingerprint density at radius 1 is 1.13 bits per heavy atom. The number of benzene rings is 2. The molecule has 0 saturated carbocycles. The van der Waals surface area contributed by atoms with Gasteiger partial charge in [-0.15, -0.1) is 0 Å². The lowest BCUT2D eigenvalue weighted by Crippen LogP contribution is -2.47. The highest BCUT2D eigenvalue weighted by Gasteiger charge is 2.44. The van der Waals surface area contributed by atoms with Crippen LogP contribution in [0.4, 0.5) is 17.6 Å². The normalized spacial score (nSPS) is 19.5. The minimum Gasteiger partial charge on any atom is -0.496 e. The van der Waals surface area contributed by atoms with E-state index in [0.717, 1.165) is 16.5 Å². The first-order chi connectivity index (χ1) is 14.7. The second-order valence-corrected chi connectivity index (χ2v) is 7.73. The lowest BCUT2D eigenvalue weighted by Gasteiger charge is -2.41. The van der Waals surface area contributed by atoms with E-state index in [1.807, 2.05) is 24.3 Å². The molecule has 0 saturated heterocycles. The zero-order valence-corrected chi connectivity index (χ0v) is 17.5. The summed E-state index contributed by atoms with van der Waals surface area (Å²) >= 11 is 0. The Morgan fingerprint density at radius 3 is 2.52 bits per heavy atom. The second-order valence-electron chi connectivity index (χ2n) is 7.73. The Hall–Kier alpha value is -2.74. The summed E-state index contributed by atoms with van der Waals surface area (Å²) in [4.78, 5) is 4.54. The largest absolute Gasteiger partial charge is 0.496 e. The molecule has 1 aliphatic heterocycles. The lowest BCUT2D eigenvalue weighted by molar-refractivity contribution is -0.155. The van der Waals surface area contributed by atoms with Gasteiger partial charge in [0.05, 0.1) is 31.9 Å². The van der Waals surface area contributed by atoms with Gasteiger partial charge in [0.2, 0.25) is 0 Å². The molecule has 1 aliphatic rings. The molecule has 0 aliphatic carbocycles. The van der Waals surface area contributed by atoms with Crippen LogP contribution in [0.5, 0.6) is 11.5 Å². The van der Waals surface area contributed by atoms with Gasteiger partial charge in [0.15, 0.2) is 11.6 Å². The van der Waals surface area contributed by atoms with E-state index in [2.05, 4.69) is 4.98 Å². The molecule has 0 fully saturated rings. The monoisotopic (exact) mass is 436 g/mol. The maximum Gasteiger partial charge on any atom is 0.401 e. The van der Waals surface area contributed by atoms with E-state index >= 15 is 4.39 Å². The molecule has 2 aromatic carbocycles. The number of fused-ring (bicyclic) bond motifs is 3. The fourth-order valence-corrected chi connectivity index (χ4v) is 4.53. The minimum atomic E-state index is -4.45. The molecule has 4 rings (SSSR count). The summed E-state index contributed by atoms with van der Waals surface area (Å²) in [5.41, 5.74) is 2.29. The van der Waals surface area contributed by atoms with Crippen molar-refractivity contribution in [2.75, 3.05) is 20.3 Å². The molecule has 0 spiro atoms. The smallest absolute Gasteiger partial charge is 0.401 e. The Labute approximate surface area is 177 Å². The fourth-order valence-electron chi connectivity index (χ4n) is 4.53.